The van der Waals surface area contributed by atoms with E-state index in [1.54, 1.807) is 27.5 Å². The van der Waals surface area contributed by atoms with Crippen molar-refractivity contribution in [1.82, 2.24) is 4.90 Å². The number of rotatable bonds is 1. The van der Waals surface area contributed by atoms with Gasteiger partial charge >= 0.3 is 6.09 Å². The van der Waals surface area contributed by atoms with Gasteiger partial charge in [0.15, 0.2) is 0 Å². The maximum absolute atomic E-state index is 11.9. The van der Waals surface area contributed by atoms with Gasteiger partial charge in [-0.3, -0.25) is 9.69 Å². The van der Waals surface area contributed by atoms with Crippen molar-refractivity contribution in [3.05, 3.63) is 0 Å². The Morgan fingerprint density at radius 3 is 2.44 bits per heavy atom. The molecule has 0 aromatic rings. The van der Waals surface area contributed by atoms with E-state index >= 15 is 0 Å². The Morgan fingerprint density at radius 2 is 1.94 bits per heavy atom. The molecule has 16 heavy (non-hydrogen) atoms. The first-order valence-electron chi connectivity index (χ1n) is 5.50. The first-order valence-corrected chi connectivity index (χ1v) is 6.58. The fraction of sp³-hybridized carbons (Fsp3) is 0.818. The zero-order valence-electron chi connectivity index (χ0n) is 9.96. The van der Waals surface area contributed by atoms with Gasteiger partial charge in [-0.1, -0.05) is 0 Å². The first kappa shape index (κ1) is 13.7. The van der Waals surface area contributed by atoms with Crippen LogP contribution in [-0.2, 0) is 9.53 Å². The van der Waals surface area contributed by atoms with Crippen LogP contribution in [0.5, 0.6) is 0 Å². The molecule has 0 N–H and O–H groups in total. The Kier molecular flexibility index (Phi) is 4.58. The summed E-state index contributed by atoms with van der Waals surface area (Å²) in [5.41, 5.74) is -0.507. The molecule has 0 aliphatic carbocycles. The normalized spacial score (nSPS) is 21.8. The average molecular weight is 339 g/mol. The topological polar surface area (TPSA) is 46.6 Å². The number of likely N-dealkylation sites (tertiary alicyclic amines) is 1. The minimum Gasteiger partial charge on any atom is -0.444 e. The standard InChI is InChI=1S/C11H18INO3/c1-11(2,3)16-10(15)13-7-5-4-6-8(13)9(12)14/h8H,4-7H2,1-3H3/t8-/m0/s1. The van der Waals surface area contributed by atoms with Crippen molar-refractivity contribution >= 4 is 32.5 Å². The van der Waals surface area contributed by atoms with E-state index < -0.39 is 5.60 Å². The van der Waals surface area contributed by atoms with Crippen molar-refractivity contribution in [3.8, 4) is 0 Å². The Labute approximate surface area is 110 Å². The molecule has 0 bridgehead atoms. The molecule has 4 nitrogen and oxygen atoms in total. The second-order valence-electron chi connectivity index (χ2n) is 4.99. The quantitative estimate of drug-likeness (QED) is 0.545. The number of halogens is 1. The van der Waals surface area contributed by atoms with Crippen LogP contribution in [-0.4, -0.2) is 33.0 Å². The van der Waals surface area contributed by atoms with Gasteiger partial charge in [-0.15, -0.1) is 0 Å². The maximum Gasteiger partial charge on any atom is 0.410 e. The second kappa shape index (κ2) is 5.33. The monoisotopic (exact) mass is 339 g/mol. The summed E-state index contributed by atoms with van der Waals surface area (Å²) in [6.45, 7) is 6.11. The van der Waals surface area contributed by atoms with E-state index in [1.807, 2.05) is 20.8 Å². The number of nitrogens with zero attached hydrogens (tertiary/aromatic N) is 1. The largest absolute Gasteiger partial charge is 0.444 e. The fourth-order valence-electron chi connectivity index (χ4n) is 1.71. The highest BCUT2D eigenvalue weighted by Gasteiger charge is 2.33. The molecule has 1 amide bonds. The van der Waals surface area contributed by atoms with E-state index in [0.717, 1.165) is 19.3 Å². The number of carbonyl (C=O) groups excluding carboxylic acids is 2. The molecule has 1 heterocycles. The predicted molar refractivity (Wildman–Crippen MR) is 69.6 cm³/mol. The van der Waals surface area contributed by atoms with Crippen molar-refractivity contribution in [2.24, 2.45) is 0 Å². The number of piperidine rings is 1. The van der Waals surface area contributed by atoms with E-state index in [9.17, 15) is 9.59 Å². The number of carbonyl (C=O) groups is 2. The molecule has 0 spiro atoms. The highest BCUT2D eigenvalue weighted by atomic mass is 127. The Bertz CT molecular complexity index is 285. The van der Waals surface area contributed by atoms with Crippen LogP contribution in [0.15, 0.2) is 0 Å². The van der Waals surface area contributed by atoms with Crippen molar-refractivity contribution in [2.75, 3.05) is 6.54 Å². The Balaban J connectivity index is 2.68. The summed E-state index contributed by atoms with van der Waals surface area (Å²) in [6, 6.07) is -0.302. The van der Waals surface area contributed by atoms with Crippen molar-refractivity contribution < 1.29 is 14.3 Å². The Morgan fingerprint density at radius 1 is 1.31 bits per heavy atom. The van der Waals surface area contributed by atoms with Gasteiger partial charge in [-0.2, -0.15) is 0 Å². The smallest absolute Gasteiger partial charge is 0.410 e. The zero-order chi connectivity index (χ0) is 12.3. The molecule has 1 atom stereocenters. The third-order valence-corrected chi connectivity index (χ3v) is 3.11. The molecule has 0 saturated carbocycles. The number of ether oxygens (including phenoxy) is 1. The second-order valence-corrected chi connectivity index (χ2v) is 6.05. The van der Waals surface area contributed by atoms with E-state index in [2.05, 4.69) is 0 Å². The van der Waals surface area contributed by atoms with Crippen LogP contribution in [0.25, 0.3) is 0 Å². The summed E-state index contributed by atoms with van der Waals surface area (Å²) < 4.78 is 5.31. The van der Waals surface area contributed by atoms with Gasteiger partial charge in [0, 0.05) is 29.1 Å². The summed E-state index contributed by atoms with van der Waals surface area (Å²) in [5, 5.41) is 0. The minimum atomic E-state index is -0.507. The summed E-state index contributed by atoms with van der Waals surface area (Å²) in [6.07, 6.45) is 2.32. The molecule has 1 fully saturated rings. The van der Waals surface area contributed by atoms with Gasteiger partial charge in [0.1, 0.15) is 11.6 Å². The number of amides is 1. The average Bonchev–Trinajstić information content (AvgIpc) is 2.15. The van der Waals surface area contributed by atoms with Gasteiger partial charge in [0.2, 0.25) is 3.79 Å². The molecule has 1 saturated heterocycles. The summed E-state index contributed by atoms with van der Waals surface area (Å²) >= 11 is 1.76. The molecule has 92 valence electrons. The van der Waals surface area contributed by atoms with Crippen LogP contribution >= 0.6 is 22.6 Å². The lowest BCUT2D eigenvalue weighted by molar-refractivity contribution is -0.115. The number of hydrogen-bond donors (Lipinski definition) is 0. The van der Waals surface area contributed by atoms with Gasteiger partial charge in [-0.25, -0.2) is 4.79 Å². The van der Waals surface area contributed by atoms with E-state index in [1.165, 1.54) is 0 Å². The lowest BCUT2D eigenvalue weighted by atomic mass is 10.0. The molecule has 1 rings (SSSR count). The third kappa shape index (κ3) is 3.92. The minimum absolute atomic E-state index is 0.0168. The third-order valence-electron chi connectivity index (χ3n) is 2.39. The van der Waals surface area contributed by atoms with Crippen LogP contribution in [0.2, 0.25) is 0 Å². The van der Waals surface area contributed by atoms with Gasteiger partial charge in [0.05, 0.1) is 0 Å². The highest BCUT2D eigenvalue weighted by Crippen LogP contribution is 2.22. The molecule has 0 radical (unpaired) electrons. The van der Waals surface area contributed by atoms with Crippen LogP contribution in [0, 0.1) is 0 Å². The van der Waals surface area contributed by atoms with Gasteiger partial charge in [0.25, 0.3) is 0 Å². The molecule has 1 aliphatic heterocycles. The molecular weight excluding hydrogens is 321 g/mol. The predicted octanol–water partition coefficient (Wildman–Crippen LogP) is 2.74. The molecule has 5 heteroatoms. The molecule has 0 aromatic carbocycles. The molecule has 0 unspecified atom stereocenters. The molecular formula is C11H18INO3. The summed E-state index contributed by atoms with van der Waals surface area (Å²) in [5.74, 6) is 0. The van der Waals surface area contributed by atoms with Crippen LogP contribution < -0.4 is 0 Å². The lowest BCUT2D eigenvalue weighted by Crippen LogP contribution is -2.48. The van der Waals surface area contributed by atoms with E-state index in [4.69, 9.17) is 4.74 Å². The summed E-state index contributed by atoms with van der Waals surface area (Å²) in [4.78, 5) is 24.9. The zero-order valence-corrected chi connectivity index (χ0v) is 12.1. The molecule has 1 aliphatic rings. The van der Waals surface area contributed by atoms with Crippen LogP contribution in [0.4, 0.5) is 4.79 Å². The SMILES string of the molecule is CC(C)(C)OC(=O)N1CCCC[C@H]1C(=O)I. The fourth-order valence-corrected chi connectivity index (χ4v) is 2.35. The first-order chi connectivity index (χ1) is 7.31. The Hall–Kier alpha value is -0.330. The van der Waals surface area contributed by atoms with Crippen molar-refractivity contribution in [1.29, 1.82) is 0 Å². The van der Waals surface area contributed by atoms with Gasteiger partial charge in [-0.05, 0) is 40.0 Å². The summed E-state index contributed by atoms with van der Waals surface area (Å²) in [7, 11) is 0. The maximum atomic E-state index is 11.9. The van der Waals surface area contributed by atoms with E-state index in [0.29, 0.717) is 6.54 Å². The van der Waals surface area contributed by atoms with E-state index in [-0.39, 0.29) is 15.9 Å². The lowest BCUT2D eigenvalue weighted by Gasteiger charge is -2.34. The van der Waals surface area contributed by atoms with Crippen LogP contribution in [0.3, 0.4) is 0 Å². The highest BCUT2D eigenvalue weighted by molar-refractivity contribution is 14.1. The van der Waals surface area contributed by atoms with Gasteiger partial charge < -0.3 is 4.74 Å². The van der Waals surface area contributed by atoms with Crippen LogP contribution in [0.1, 0.15) is 40.0 Å². The van der Waals surface area contributed by atoms with Crippen molar-refractivity contribution in [2.45, 2.75) is 51.7 Å². The molecule has 0 aromatic heterocycles. The van der Waals surface area contributed by atoms with Crippen molar-refractivity contribution in [3.63, 3.8) is 0 Å². The number of hydrogen-bond acceptors (Lipinski definition) is 3.